The van der Waals surface area contributed by atoms with Gasteiger partial charge >= 0.3 is 0 Å². The third-order valence-electron chi connectivity index (χ3n) is 5.90. The van der Waals surface area contributed by atoms with E-state index in [1.807, 2.05) is 0 Å². The van der Waals surface area contributed by atoms with Gasteiger partial charge in [-0.15, -0.1) is 0 Å². The van der Waals surface area contributed by atoms with Crippen molar-refractivity contribution in [3.63, 3.8) is 0 Å². The van der Waals surface area contributed by atoms with Crippen molar-refractivity contribution in [2.45, 2.75) is 73.6 Å². The molecule has 0 amide bonds. The topological polar surface area (TPSA) is 0 Å². The minimum Gasteiger partial charge on any atom is -0.0651 e. The van der Waals surface area contributed by atoms with Crippen LogP contribution in [0.4, 0.5) is 0 Å². The monoisotopic (exact) mass is 238 g/mol. The zero-order valence-electron chi connectivity index (χ0n) is 13.0. The summed E-state index contributed by atoms with van der Waals surface area (Å²) >= 11 is 0. The second-order valence-electron chi connectivity index (χ2n) is 7.00. The highest BCUT2D eigenvalue weighted by Gasteiger charge is 2.34. The number of hydrogen-bond donors (Lipinski definition) is 0. The SMILES string of the molecule is CCC(C)CCC(C)C1CCC(C)C(C)C1C. The van der Waals surface area contributed by atoms with Gasteiger partial charge in [-0.1, -0.05) is 67.2 Å². The maximum Gasteiger partial charge on any atom is -0.0360 e. The van der Waals surface area contributed by atoms with Crippen LogP contribution in [0.25, 0.3) is 0 Å². The quantitative estimate of drug-likeness (QED) is 0.570. The smallest absolute Gasteiger partial charge is 0.0360 e. The average molecular weight is 238 g/mol. The first-order valence-electron chi connectivity index (χ1n) is 7.97. The predicted molar refractivity (Wildman–Crippen MR) is 78.1 cm³/mol. The van der Waals surface area contributed by atoms with E-state index in [9.17, 15) is 0 Å². The van der Waals surface area contributed by atoms with E-state index < -0.39 is 0 Å². The molecule has 1 aliphatic rings. The highest BCUT2D eigenvalue weighted by Crippen LogP contribution is 2.42. The van der Waals surface area contributed by atoms with E-state index in [-0.39, 0.29) is 0 Å². The van der Waals surface area contributed by atoms with Crippen LogP contribution in [0.2, 0.25) is 0 Å². The highest BCUT2D eigenvalue weighted by atomic mass is 14.4. The summed E-state index contributed by atoms with van der Waals surface area (Å²) in [5, 5.41) is 0. The van der Waals surface area contributed by atoms with E-state index in [1.54, 1.807) is 0 Å². The van der Waals surface area contributed by atoms with Crippen molar-refractivity contribution >= 4 is 0 Å². The van der Waals surface area contributed by atoms with Gasteiger partial charge in [0.1, 0.15) is 0 Å². The lowest BCUT2D eigenvalue weighted by Gasteiger charge is -2.41. The Balaban J connectivity index is 2.43. The molecule has 0 aromatic rings. The fraction of sp³-hybridized carbons (Fsp3) is 1.00. The molecule has 0 aliphatic heterocycles. The Bertz CT molecular complexity index is 208. The van der Waals surface area contributed by atoms with Gasteiger partial charge in [0, 0.05) is 0 Å². The summed E-state index contributed by atoms with van der Waals surface area (Å²) in [6, 6.07) is 0. The summed E-state index contributed by atoms with van der Waals surface area (Å²) in [5.74, 6) is 5.67. The molecule has 0 spiro atoms. The fourth-order valence-corrected chi connectivity index (χ4v) is 3.66. The third kappa shape index (κ3) is 4.00. The van der Waals surface area contributed by atoms with Crippen LogP contribution >= 0.6 is 0 Å². The molecule has 6 atom stereocenters. The van der Waals surface area contributed by atoms with Crippen LogP contribution in [0.1, 0.15) is 73.6 Å². The second kappa shape index (κ2) is 6.81. The van der Waals surface area contributed by atoms with Crippen molar-refractivity contribution < 1.29 is 0 Å². The van der Waals surface area contributed by atoms with Gasteiger partial charge in [-0.2, -0.15) is 0 Å². The second-order valence-corrected chi connectivity index (χ2v) is 7.00. The predicted octanol–water partition coefficient (Wildman–Crippen LogP) is 5.77. The maximum atomic E-state index is 2.51. The first-order chi connectivity index (χ1) is 7.97. The Hall–Kier alpha value is 0. The number of hydrogen-bond acceptors (Lipinski definition) is 0. The van der Waals surface area contributed by atoms with Crippen LogP contribution in [0.3, 0.4) is 0 Å². The number of rotatable bonds is 5. The molecule has 6 unspecified atom stereocenters. The Labute approximate surface area is 110 Å². The van der Waals surface area contributed by atoms with Gasteiger partial charge in [-0.05, 0) is 41.9 Å². The van der Waals surface area contributed by atoms with Crippen molar-refractivity contribution in [1.82, 2.24) is 0 Å². The standard InChI is InChI=1S/C17H34/c1-7-12(2)8-9-14(4)17-11-10-13(3)15(5)16(17)6/h12-17H,7-11H2,1-6H3. The largest absolute Gasteiger partial charge is 0.0651 e. The van der Waals surface area contributed by atoms with Crippen LogP contribution in [-0.2, 0) is 0 Å². The van der Waals surface area contributed by atoms with E-state index in [2.05, 4.69) is 41.5 Å². The van der Waals surface area contributed by atoms with Gasteiger partial charge in [0.25, 0.3) is 0 Å². The molecule has 1 saturated carbocycles. The van der Waals surface area contributed by atoms with E-state index in [4.69, 9.17) is 0 Å². The Morgan fingerprint density at radius 3 is 2.18 bits per heavy atom. The summed E-state index contributed by atoms with van der Waals surface area (Å²) in [6.45, 7) is 14.7. The van der Waals surface area contributed by atoms with Gasteiger partial charge in [0.15, 0.2) is 0 Å². The van der Waals surface area contributed by atoms with Crippen molar-refractivity contribution in [2.75, 3.05) is 0 Å². The fourth-order valence-electron chi connectivity index (χ4n) is 3.66. The Morgan fingerprint density at radius 2 is 1.59 bits per heavy atom. The van der Waals surface area contributed by atoms with Crippen LogP contribution in [-0.4, -0.2) is 0 Å². The van der Waals surface area contributed by atoms with Crippen LogP contribution < -0.4 is 0 Å². The molecule has 0 bridgehead atoms. The minimum absolute atomic E-state index is 0.924. The van der Waals surface area contributed by atoms with Crippen molar-refractivity contribution in [1.29, 1.82) is 0 Å². The van der Waals surface area contributed by atoms with Crippen molar-refractivity contribution in [3.8, 4) is 0 Å². The molecule has 0 saturated heterocycles. The Morgan fingerprint density at radius 1 is 0.941 bits per heavy atom. The minimum atomic E-state index is 0.924. The zero-order chi connectivity index (χ0) is 13.0. The molecule has 0 aromatic carbocycles. The normalized spacial score (nSPS) is 37.8. The summed E-state index contributed by atoms with van der Waals surface area (Å²) in [6.07, 6.45) is 7.18. The van der Waals surface area contributed by atoms with Gasteiger partial charge in [-0.3, -0.25) is 0 Å². The van der Waals surface area contributed by atoms with Gasteiger partial charge in [0.2, 0.25) is 0 Å². The molecule has 0 heteroatoms. The van der Waals surface area contributed by atoms with E-state index in [0.717, 1.165) is 35.5 Å². The summed E-state index contributed by atoms with van der Waals surface area (Å²) in [7, 11) is 0. The molecule has 0 aromatic heterocycles. The third-order valence-corrected chi connectivity index (χ3v) is 5.90. The van der Waals surface area contributed by atoms with Gasteiger partial charge in [0.05, 0.1) is 0 Å². The lowest BCUT2D eigenvalue weighted by atomic mass is 9.64. The summed E-state index contributed by atoms with van der Waals surface area (Å²) < 4.78 is 0. The molecule has 102 valence electrons. The van der Waals surface area contributed by atoms with E-state index >= 15 is 0 Å². The van der Waals surface area contributed by atoms with Gasteiger partial charge in [-0.25, -0.2) is 0 Å². The molecule has 0 N–H and O–H groups in total. The molecule has 1 aliphatic carbocycles. The molecule has 1 fully saturated rings. The average Bonchev–Trinajstić information content (AvgIpc) is 2.32. The van der Waals surface area contributed by atoms with Crippen molar-refractivity contribution in [2.24, 2.45) is 35.5 Å². The summed E-state index contributed by atoms with van der Waals surface area (Å²) in [4.78, 5) is 0. The zero-order valence-corrected chi connectivity index (χ0v) is 13.0. The van der Waals surface area contributed by atoms with Crippen LogP contribution in [0, 0.1) is 35.5 Å². The highest BCUT2D eigenvalue weighted by molar-refractivity contribution is 4.83. The first kappa shape index (κ1) is 15.1. The van der Waals surface area contributed by atoms with E-state index in [1.165, 1.54) is 32.1 Å². The van der Waals surface area contributed by atoms with E-state index in [0.29, 0.717) is 0 Å². The molecule has 1 rings (SSSR count). The van der Waals surface area contributed by atoms with Crippen LogP contribution in [0.5, 0.6) is 0 Å². The first-order valence-corrected chi connectivity index (χ1v) is 7.97. The van der Waals surface area contributed by atoms with Crippen LogP contribution in [0.15, 0.2) is 0 Å². The lowest BCUT2D eigenvalue weighted by molar-refractivity contribution is 0.0823. The Kier molecular flexibility index (Phi) is 6.03. The molecule has 0 nitrogen and oxygen atoms in total. The molecule has 0 heterocycles. The molecule has 17 heavy (non-hydrogen) atoms. The molecule has 0 radical (unpaired) electrons. The lowest BCUT2D eigenvalue weighted by Crippen LogP contribution is -2.33. The maximum absolute atomic E-state index is 2.51. The van der Waals surface area contributed by atoms with Crippen molar-refractivity contribution in [3.05, 3.63) is 0 Å². The molecular formula is C17H34. The molecular weight excluding hydrogens is 204 g/mol. The summed E-state index contributed by atoms with van der Waals surface area (Å²) in [5.41, 5.74) is 0. The van der Waals surface area contributed by atoms with Gasteiger partial charge < -0.3 is 0 Å².